The zero-order chi connectivity index (χ0) is 50.8. The number of hydrogen-bond donors (Lipinski definition) is 0. The molecule has 18 heteroatoms. The highest BCUT2D eigenvalue weighted by Gasteiger charge is 2.26. The summed E-state index contributed by atoms with van der Waals surface area (Å²) in [6.07, 6.45) is 0.498. The Morgan fingerprint density at radius 2 is 0.729 bits per heavy atom. The van der Waals surface area contributed by atoms with E-state index >= 15 is 0 Å². The summed E-state index contributed by atoms with van der Waals surface area (Å²) >= 11 is 0. The minimum absolute atomic E-state index is 0.00148. The minimum Gasteiger partial charge on any atom is -0.496 e. The number of methoxy groups -OCH3 is 9. The van der Waals surface area contributed by atoms with Crippen LogP contribution in [0.5, 0.6) is 63.2 Å². The van der Waals surface area contributed by atoms with Gasteiger partial charge in [0.1, 0.15) is 22.8 Å². The Morgan fingerprint density at radius 3 is 1.13 bits per heavy atom. The molecule has 70 heavy (non-hydrogen) atoms. The number of hydrogen-bond acceptors (Lipinski definition) is 16. The molecule has 0 spiro atoms. The molecule has 364 valence electrons. The lowest BCUT2D eigenvalue weighted by Gasteiger charge is -2.23. The van der Waals surface area contributed by atoms with Gasteiger partial charge in [0.05, 0.1) is 80.9 Å². The number of benzene rings is 6. The van der Waals surface area contributed by atoms with Crippen molar-refractivity contribution >= 4 is 41.4 Å². The van der Waals surface area contributed by atoms with E-state index in [-0.39, 0.29) is 68.1 Å². The maximum Gasteiger partial charge on any atom is 0.347 e. The standard InChI is InChI=1S/C52H50N2O16/c1-53(49(56)31-14-18-38(43(22-31)63-6)69-51(58)34-25-46(66-9)45(65-8)24-33(34)28-55)36-16-12-29(20-41(36)61-4)30-13-17-37(42(21-30)62-5)54(2)50(57)32-15-19-39(44(23-32)64-7)70-52(59)35-26-47(67-10)48(68-11)27-40(35)60-3/h12-28H,1-11H3. The van der Waals surface area contributed by atoms with Gasteiger partial charge in [-0.2, -0.15) is 0 Å². The lowest BCUT2D eigenvalue weighted by molar-refractivity contribution is 0.0717. The fourth-order valence-electron chi connectivity index (χ4n) is 7.31. The SMILES string of the molecule is COc1cc(C=O)c(C(=O)Oc2ccc(C(=O)N(C)c3ccc(-c4ccc(N(C)C(=O)c5ccc(OC(=O)c6cc(OC)c(OC)cc6OC)c(OC)c5)c(OC)c4)cc3OC)cc2OC)cc1OC. The molecule has 0 fully saturated rings. The summed E-state index contributed by atoms with van der Waals surface area (Å²) in [4.78, 5) is 69.1. The molecule has 0 saturated carbocycles. The van der Waals surface area contributed by atoms with E-state index in [2.05, 4.69) is 0 Å². The average molecular weight is 959 g/mol. The van der Waals surface area contributed by atoms with Crippen LogP contribution in [0.2, 0.25) is 0 Å². The summed E-state index contributed by atoms with van der Waals surface area (Å²) < 4.78 is 60.4. The highest BCUT2D eigenvalue weighted by Crippen LogP contribution is 2.40. The molecule has 6 aromatic carbocycles. The van der Waals surface area contributed by atoms with Crippen molar-refractivity contribution in [2.75, 3.05) is 87.9 Å². The molecule has 0 heterocycles. The fourth-order valence-corrected chi connectivity index (χ4v) is 7.31. The minimum atomic E-state index is -0.865. The molecule has 0 aliphatic rings. The second-order valence-corrected chi connectivity index (χ2v) is 14.8. The number of nitrogens with zero attached hydrogens (tertiary/aromatic N) is 2. The van der Waals surface area contributed by atoms with Crippen molar-refractivity contribution in [3.8, 4) is 74.4 Å². The van der Waals surface area contributed by atoms with Crippen molar-refractivity contribution < 1.29 is 76.1 Å². The molecule has 0 aliphatic carbocycles. The van der Waals surface area contributed by atoms with Gasteiger partial charge in [-0.15, -0.1) is 0 Å². The predicted molar refractivity (Wildman–Crippen MR) is 257 cm³/mol. The number of amides is 2. The molecule has 0 bridgehead atoms. The topological polar surface area (TPSA) is 193 Å². The Bertz CT molecular complexity index is 2970. The van der Waals surface area contributed by atoms with Gasteiger partial charge in [-0.05, 0) is 83.9 Å². The number of rotatable bonds is 19. The molecular weight excluding hydrogens is 909 g/mol. The van der Waals surface area contributed by atoms with Crippen LogP contribution in [-0.4, -0.2) is 108 Å². The van der Waals surface area contributed by atoms with Gasteiger partial charge in [-0.1, -0.05) is 12.1 Å². The maximum atomic E-state index is 13.9. The quantitative estimate of drug-likeness (QED) is 0.0428. The molecule has 0 aromatic heterocycles. The van der Waals surface area contributed by atoms with Crippen molar-refractivity contribution in [2.24, 2.45) is 0 Å². The Labute approximate surface area is 403 Å². The van der Waals surface area contributed by atoms with E-state index in [0.29, 0.717) is 51.8 Å². The second-order valence-electron chi connectivity index (χ2n) is 14.8. The summed E-state index contributed by atoms with van der Waals surface area (Å²) in [7, 11) is 16.0. The van der Waals surface area contributed by atoms with Crippen LogP contribution in [0.25, 0.3) is 11.1 Å². The van der Waals surface area contributed by atoms with Crippen LogP contribution in [0.1, 0.15) is 51.8 Å². The first-order valence-electron chi connectivity index (χ1n) is 21.0. The number of anilines is 2. The molecule has 0 N–H and O–H groups in total. The molecular formula is C52H50N2O16. The monoisotopic (exact) mass is 958 g/mol. The molecule has 0 saturated heterocycles. The maximum absolute atomic E-state index is 13.9. The predicted octanol–water partition coefficient (Wildman–Crippen LogP) is 8.24. The van der Waals surface area contributed by atoms with Crippen molar-refractivity contribution in [1.82, 2.24) is 0 Å². The molecule has 6 rings (SSSR count). The largest absolute Gasteiger partial charge is 0.496 e. The zero-order valence-electron chi connectivity index (χ0n) is 40.2. The van der Waals surface area contributed by atoms with E-state index < -0.39 is 23.8 Å². The van der Waals surface area contributed by atoms with Crippen molar-refractivity contribution in [3.05, 3.63) is 125 Å². The molecule has 0 unspecified atom stereocenters. The summed E-state index contributed by atoms with van der Waals surface area (Å²) in [6, 6.07) is 25.0. The lowest BCUT2D eigenvalue weighted by atomic mass is 10.0. The number of esters is 2. The van der Waals surface area contributed by atoms with Crippen molar-refractivity contribution in [2.45, 2.75) is 0 Å². The first kappa shape index (κ1) is 50.5. The number of aldehydes is 1. The molecule has 0 radical (unpaired) electrons. The van der Waals surface area contributed by atoms with Gasteiger partial charge in [0, 0.05) is 42.9 Å². The van der Waals surface area contributed by atoms with E-state index in [4.69, 9.17) is 52.1 Å². The van der Waals surface area contributed by atoms with Gasteiger partial charge in [-0.3, -0.25) is 14.4 Å². The van der Waals surface area contributed by atoms with Crippen LogP contribution >= 0.6 is 0 Å². The summed E-state index contributed by atoms with van der Waals surface area (Å²) in [5.41, 5.74) is 2.76. The Hall–Kier alpha value is -8.93. The van der Waals surface area contributed by atoms with E-state index in [1.165, 1.54) is 134 Å². The van der Waals surface area contributed by atoms with E-state index in [1.54, 1.807) is 44.4 Å². The molecule has 6 aromatic rings. The van der Waals surface area contributed by atoms with Crippen LogP contribution in [0.3, 0.4) is 0 Å². The van der Waals surface area contributed by atoms with E-state index in [0.717, 1.165) is 0 Å². The molecule has 0 atom stereocenters. The summed E-state index contributed by atoms with van der Waals surface area (Å²) in [5, 5.41) is 0. The number of carbonyl (C=O) groups is 5. The first-order chi connectivity index (χ1) is 33.7. The van der Waals surface area contributed by atoms with Gasteiger partial charge >= 0.3 is 11.9 Å². The zero-order valence-corrected chi connectivity index (χ0v) is 40.2. The van der Waals surface area contributed by atoms with Crippen LogP contribution in [-0.2, 0) is 0 Å². The first-order valence-corrected chi connectivity index (χ1v) is 21.0. The third kappa shape index (κ3) is 10.3. The van der Waals surface area contributed by atoms with Crippen molar-refractivity contribution in [1.29, 1.82) is 0 Å². The lowest BCUT2D eigenvalue weighted by Crippen LogP contribution is -2.27. The second kappa shape index (κ2) is 22.2. The van der Waals surface area contributed by atoms with Crippen LogP contribution in [0.15, 0.2) is 97.1 Å². The van der Waals surface area contributed by atoms with Crippen LogP contribution < -0.4 is 61.9 Å². The molecule has 0 aliphatic heterocycles. The van der Waals surface area contributed by atoms with E-state index in [1.807, 2.05) is 6.07 Å². The Morgan fingerprint density at radius 1 is 0.371 bits per heavy atom. The fraction of sp³-hybridized carbons (Fsp3) is 0.212. The summed E-state index contributed by atoms with van der Waals surface area (Å²) in [6.45, 7) is 0. The summed E-state index contributed by atoms with van der Waals surface area (Å²) in [5.74, 6) is -0.147. The van der Waals surface area contributed by atoms with Gasteiger partial charge in [-0.25, -0.2) is 9.59 Å². The highest BCUT2D eigenvalue weighted by atomic mass is 16.6. The van der Waals surface area contributed by atoms with Gasteiger partial charge in [0.25, 0.3) is 11.8 Å². The highest BCUT2D eigenvalue weighted by molar-refractivity contribution is 6.08. The van der Waals surface area contributed by atoms with Crippen molar-refractivity contribution in [3.63, 3.8) is 0 Å². The van der Waals surface area contributed by atoms with Crippen LogP contribution in [0.4, 0.5) is 11.4 Å². The molecule has 18 nitrogen and oxygen atoms in total. The van der Waals surface area contributed by atoms with Gasteiger partial charge < -0.3 is 61.9 Å². The smallest absolute Gasteiger partial charge is 0.347 e. The number of carbonyl (C=O) groups excluding carboxylic acids is 5. The van der Waals surface area contributed by atoms with Gasteiger partial charge in [0.2, 0.25) is 0 Å². The number of ether oxygens (including phenoxy) is 11. The third-order valence-corrected chi connectivity index (χ3v) is 11.1. The third-order valence-electron chi connectivity index (χ3n) is 11.1. The molecule has 2 amide bonds. The van der Waals surface area contributed by atoms with Gasteiger partial charge in [0.15, 0.2) is 52.3 Å². The Kier molecular flexibility index (Phi) is 16.0. The Balaban J connectivity index is 1.18. The average Bonchev–Trinajstić information content (AvgIpc) is 3.40. The van der Waals surface area contributed by atoms with E-state index in [9.17, 15) is 24.0 Å². The van der Waals surface area contributed by atoms with Crippen LogP contribution in [0, 0.1) is 0 Å². The normalized spacial score (nSPS) is 10.5.